The van der Waals surface area contributed by atoms with E-state index in [1.165, 1.54) is 24.4 Å². The van der Waals surface area contributed by atoms with Crippen LogP contribution in [-0.4, -0.2) is 43.6 Å². The van der Waals surface area contributed by atoms with Crippen molar-refractivity contribution in [1.82, 2.24) is 10.3 Å². The van der Waals surface area contributed by atoms with Crippen molar-refractivity contribution in [1.29, 1.82) is 0 Å². The van der Waals surface area contributed by atoms with Gasteiger partial charge in [0.25, 0.3) is 10.1 Å². The largest absolute Gasteiger partial charge is 0.368 e. The summed E-state index contributed by atoms with van der Waals surface area (Å²) in [6.07, 6.45) is 1.88. The van der Waals surface area contributed by atoms with Crippen LogP contribution in [0.2, 0.25) is 5.15 Å². The fraction of sp³-hybridized carbons (Fsp3) is 0.389. The van der Waals surface area contributed by atoms with Crippen molar-refractivity contribution < 1.29 is 13.0 Å². The molecule has 0 radical (unpaired) electrons. The zero-order chi connectivity index (χ0) is 18.9. The van der Waals surface area contributed by atoms with Gasteiger partial charge in [0.05, 0.1) is 16.8 Å². The Morgan fingerprint density at radius 2 is 1.92 bits per heavy atom. The highest BCUT2D eigenvalue weighted by Gasteiger charge is 2.39. The highest BCUT2D eigenvalue weighted by atomic mass is 35.5. The van der Waals surface area contributed by atoms with Crippen LogP contribution in [0.4, 0.5) is 5.69 Å². The maximum Gasteiger partial charge on any atom is 0.294 e. The van der Waals surface area contributed by atoms with Crippen LogP contribution in [0, 0.1) is 19.8 Å². The summed E-state index contributed by atoms with van der Waals surface area (Å²) in [4.78, 5) is 6.53. The second-order valence-corrected chi connectivity index (χ2v) is 8.55. The van der Waals surface area contributed by atoms with Crippen molar-refractivity contribution in [2.24, 2.45) is 5.92 Å². The van der Waals surface area contributed by atoms with Crippen LogP contribution >= 0.6 is 11.6 Å². The number of nitrogens with zero attached hydrogens (tertiary/aromatic N) is 2. The van der Waals surface area contributed by atoms with Gasteiger partial charge >= 0.3 is 0 Å². The quantitative estimate of drug-likeness (QED) is 0.601. The van der Waals surface area contributed by atoms with E-state index >= 15 is 0 Å². The lowest BCUT2D eigenvalue weighted by atomic mass is 9.96. The molecule has 2 aliphatic heterocycles. The third-order valence-corrected chi connectivity index (χ3v) is 6.03. The highest BCUT2D eigenvalue weighted by Crippen LogP contribution is 2.29. The third kappa shape index (κ3) is 4.35. The molecule has 0 saturated carbocycles. The smallest absolute Gasteiger partial charge is 0.294 e. The van der Waals surface area contributed by atoms with Gasteiger partial charge < -0.3 is 10.2 Å². The monoisotopic (exact) mass is 395 g/mol. The second kappa shape index (κ2) is 7.52. The van der Waals surface area contributed by atoms with Gasteiger partial charge in [0.1, 0.15) is 5.15 Å². The fourth-order valence-corrected chi connectivity index (χ4v) is 3.67. The van der Waals surface area contributed by atoms with Crippen LogP contribution in [-0.2, 0) is 10.1 Å². The summed E-state index contributed by atoms with van der Waals surface area (Å²) >= 11 is 5.92. The number of benzene rings is 1. The molecule has 2 fully saturated rings. The predicted octanol–water partition coefficient (Wildman–Crippen LogP) is 2.69. The topological polar surface area (TPSA) is 82.5 Å². The standard InChI is InChI=1S/C11H14ClN3.C7H8O3S/c1-7-2-9(4-14-11(7)12)15-5-8-3-13-10(8)6-15;1-6-2-4-7(5-3-6)11(8,9)10/h2,4,8,10,13H,3,5-6H2,1H3;2-5H,1H3,(H,8,9,10)/t8-,10+;/m1./s1. The number of fused-ring (bicyclic) bond motifs is 1. The normalized spacial score (nSPS) is 21.5. The molecule has 2 N–H and O–H groups in total. The molecule has 6 nitrogen and oxygen atoms in total. The average molecular weight is 396 g/mol. The van der Waals surface area contributed by atoms with E-state index in [1.807, 2.05) is 20.0 Å². The molecule has 2 aliphatic rings. The first-order chi connectivity index (χ1) is 12.2. The van der Waals surface area contributed by atoms with Gasteiger partial charge in [-0.3, -0.25) is 4.55 Å². The van der Waals surface area contributed by atoms with Gasteiger partial charge in [0.2, 0.25) is 0 Å². The van der Waals surface area contributed by atoms with E-state index in [0.29, 0.717) is 11.2 Å². The summed E-state index contributed by atoms with van der Waals surface area (Å²) in [6.45, 7) is 7.27. The van der Waals surface area contributed by atoms with Crippen LogP contribution < -0.4 is 10.2 Å². The summed E-state index contributed by atoms with van der Waals surface area (Å²) < 4.78 is 29.6. The highest BCUT2D eigenvalue weighted by molar-refractivity contribution is 7.85. The van der Waals surface area contributed by atoms with E-state index in [9.17, 15) is 8.42 Å². The molecule has 2 aromatic rings. The molecule has 26 heavy (non-hydrogen) atoms. The number of anilines is 1. The van der Waals surface area contributed by atoms with Gasteiger partial charge in [-0.1, -0.05) is 29.3 Å². The van der Waals surface area contributed by atoms with Crippen LogP contribution in [0.5, 0.6) is 0 Å². The molecule has 0 aliphatic carbocycles. The number of hydrogen-bond donors (Lipinski definition) is 2. The summed E-state index contributed by atoms with van der Waals surface area (Å²) in [5, 5.41) is 4.06. The van der Waals surface area contributed by atoms with Crippen LogP contribution in [0.25, 0.3) is 0 Å². The molecule has 4 rings (SSSR count). The Bertz CT molecular complexity index is 875. The van der Waals surface area contributed by atoms with E-state index in [1.54, 1.807) is 12.1 Å². The lowest BCUT2D eigenvalue weighted by Crippen LogP contribution is -2.51. The van der Waals surface area contributed by atoms with E-state index in [0.717, 1.165) is 30.1 Å². The van der Waals surface area contributed by atoms with Gasteiger partial charge in [-0.2, -0.15) is 8.42 Å². The van der Waals surface area contributed by atoms with Crippen LogP contribution in [0.3, 0.4) is 0 Å². The van der Waals surface area contributed by atoms with Gasteiger partial charge in [0, 0.05) is 31.6 Å². The van der Waals surface area contributed by atoms with Gasteiger partial charge in [-0.05, 0) is 37.6 Å². The van der Waals surface area contributed by atoms with Crippen molar-refractivity contribution in [2.45, 2.75) is 24.8 Å². The van der Waals surface area contributed by atoms with Crippen molar-refractivity contribution in [3.05, 3.63) is 52.8 Å². The second-order valence-electron chi connectivity index (χ2n) is 6.77. The zero-order valence-electron chi connectivity index (χ0n) is 14.7. The third-order valence-electron chi connectivity index (χ3n) is 4.77. The number of pyridine rings is 1. The lowest BCUT2D eigenvalue weighted by Gasteiger charge is -2.29. The first-order valence-corrected chi connectivity index (χ1v) is 10.2. The van der Waals surface area contributed by atoms with E-state index < -0.39 is 10.1 Å². The molecule has 1 aromatic heterocycles. The summed E-state index contributed by atoms with van der Waals surface area (Å²) in [5.74, 6) is 0.834. The van der Waals surface area contributed by atoms with Crippen molar-refractivity contribution in [2.75, 3.05) is 24.5 Å². The van der Waals surface area contributed by atoms with Gasteiger partial charge in [-0.25, -0.2) is 4.98 Å². The minimum absolute atomic E-state index is 0.0666. The van der Waals surface area contributed by atoms with Gasteiger partial charge in [0.15, 0.2) is 0 Å². The first kappa shape index (κ1) is 19.1. The molecular weight excluding hydrogens is 374 g/mol. The summed E-state index contributed by atoms with van der Waals surface area (Å²) in [5.41, 5.74) is 3.21. The van der Waals surface area contributed by atoms with E-state index in [-0.39, 0.29) is 4.90 Å². The fourth-order valence-electron chi connectivity index (χ4n) is 3.09. The van der Waals surface area contributed by atoms with Crippen LogP contribution in [0.15, 0.2) is 41.4 Å². The van der Waals surface area contributed by atoms with E-state index in [4.69, 9.17) is 16.2 Å². The van der Waals surface area contributed by atoms with Crippen LogP contribution in [0.1, 0.15) is 11.1 Å². The first-order valence-electron chi connectivity index (χ1n) is 8.38. The number of rotatable bonds is 2. The molecule has 0 spiro atoms. The molecule has 0 bridgehead atoms. The molecular formula is C18H22ClN3O3S. The molecule has 1 aromatic carbocycles. The Hall–Kier alpha value is -1.67. The van der Waals surface area contributed by atoms with Gasteiger partial charge in [-0.15, -0.1) is 0 Å². The molecule has 0 unspecified atom stereocenters. The Balaban J connectivity index is 0.000000160. The molecule has 2 saturated heterocycles. The van der Waals surface area contributed by atoms with E-state index in [2.05, 4.69) is 21.3 Å². The Kier molecular flexibility index (Phi) is 5.53. The summed E-state index contributed by atoms with van der Waals surface area (Å²) in [6, 6.07) is 8.81. The molecule has 3 heterocycles. The minimum atomic E-state index is -4.02. The lowest BCUT2D eigenvalue weighted by molar-refractivity contribution is 0.297. The van der Waals surface area contributed by atoms with Crippen molar-refractivity contribution in [3.63, 3.8) is 0 Å². The average Bonchev–Trinajstić information content (AvgIpc) is 2.85. The summed E-state index contributed by atoms with van der Waals surface area (Å²) in [7, 11) is -4.02. The molecule has 2 atom stereocenters. The molecule has 0 amide bonds. The zero-order valence-corrected chi connectivity index (χ0v) is 16.3. The molecule has 8 heteroatoms. The number of aryl methyl sites for hydroxylation is 2. The predicted molar refractivity (Wildman–Crippen MR) is 102 cm³/mol. The van der Waals surface area contributed by atoms with Crippen molar-refractivity contribution >= 4 is 27.4 Å². The van der Waals surface area contributed by atoms with Crippen molar-refractivity contribution in [3.8, 4) is 0 Å². The SMILES string of the molecule is Cc1cc(N2C[C@H]3CN[C@H]3C2)cnc1Cl.Cc1ccc(S(=O)(=O)O)cc1. The molecule has 140 valence electrons. The Morgan fingerprint density at radius 3 is 2.38 bits per heavy atom. The number of halogens is 1. The number of hydrogen-bond acceptors (Lipinski definition) is 5. The maximum atomic E-state index is 10.5. The minimum Gasteiger partial charge on any atom is -0.368 e. The maximum absolute atomic E-state index is 10.5. The number of nitrogens with one attached hydrogen (secondary N) is 1. The Morgan fingerprint density at radius 1 is 1.23 bits per heavy atom. The Labute approximate surface area is 158 Å². The number of aromatic nitrogens is 1.